The average molecular weight is 426 g/mol. The lowest BCUT2D eigenvalue weighted by molar-refractivity contribution is 0.144. The molecule has 2 aliphatic rings. The van der Waals surface area contributed by atoms with Crippen LogP contribution in [0.5, 0.6) is 0 Å². The molecule has 8 heteroatoms. The summed E-state index contributed by atoms with van der Waals surface area (Å²) in [5.74, 6) is 1.07. The predicted molar refractivity (Wildman–Crippen MR) is 121 cm³/mol. The number of nitrogens with one attached hydrogen (secondary N) is 2. The van der Waals surface area contributed by atoms with Gasteiger partial charge in [-0.25, -0.2) is 14.8 Å². The van der Waals surface area contributed by atoms with Crippen LogP contribution in [0.4, 0.5) is 16.4 Å². The largest absolute Gasteiger partial charge is 0.377 e. The maximum absolute atomic E-state index is 12.4. The number of methoxy groups -OCH3 is 1. The zero-order chi connectivity index (χ0) is 20.8. The number of piperidine rings is 1. The Morgan fingerprint density at radius 3 is 2.87 bits per heavy atom. The first-order valence-corrected chi connectivity index (χ1v) is 11.2. The number of rotatable bonds is 6. The van der Waals surface area contributed by atoms with Crippen LogP contribution in [0.15, 0.2) is 41.8 Å². The molecule has 1 saturated heterocycles. The first kappa shape index (κ1) is 20.7. The Bertz CT molecular complexity index is 933. The van der Waals surface area contributed by atoms with Crippen LogP contribution in [0.3, 0.4) is 0 Å². The molecule has 0 aromatic carbocycles. The van der Waals surface area contributed by atoms with Crippen molar-refractivity contribution >= 4 is 34.6 Å². The number of urea groups is 1. The van der Waals surface area contributed by atoms with Crippen molar-refractivity contribution in [2.24, 2.45) is 0 Å². The molecular formula is C22H27N5O2S. The third-order valence-electron chi connectivity index (χ3n) is 5.25. The third kappa shape index (κ3) is 5.53. The molecule has 2 aromatic rings. The topological polar surface area (TPSA) is 79.4 Å². The number of carbonyl (C=O) groups is 1. The standard InChI is InChI=1S/C22H27N5O2S/c1-29-18-9-5-7-16(13-18)21-24-20(15-30-21)26-22(28)25-19-10-6-8-17(23-19)14-27-11-3-2-4-12-27/h5-10,15,18H,2-4,11-14H2,1H3,(H2,23,25,26,28). The Morgan fingerprint density at radius 2 is 2.03 bits per heavy atom. The molecule has 0 bridgehead atoms. The Hall–Kier alpha value is -2.55. The van der Waals surface area contributed by atoms with Gasteiger partial charge in [-0.3, -0.25) is 15.5 Å². The van der Waals surface area contributed by atoms with Gasteiger partial charge in [-0.15, -0.1) is 11.3 Å². The number of nitrogens with zero attached hydrogens (tertiary/aromatic N) is 3. The van der Waals surface area contributed by atoms with Gasteiger partial charge >= 0.3 is 6.03 Å². The van der Waals surface area contributed by atoms with E-state index in [4.69, 9.17) is 4.74 Å². The second-order valence-corrected chi connectivity index (χ2v) is 8.38. The van der Waals surface area contributed by atoms with Gasteiger partial charge in [0, 0.05) is 25.5 Å². The summed E-state index contributed by atoms with van der Waals surface area (Å²) in [4.78, 5) is 23.9. The van der Waals surface area contributed by atoms with Gasteiger partial charge in [-0.05, 0) is 43.6 Å². The molecule has 4 rings (SSSR count). The second-order valence-electron chi connectivity index (χ2n) is 7.52. The third-order valence-corrected chi connectivity index (χ3v) is 6.17. The summed E-state index contributed by atoms with van der Waals surface area (Å²) in [5.41, 5.74) is 2.07. The van der Waals surface area contributed by atoms with Crippen molar-refractivity contribution in [3.8, 4) is 0 Å². The van der Waals surface area contributed by atoms with E-state index in [0.717, 1.165) is 42.3 Å². The van der Waals surface area contributed by atoms with E-state index in [1.165, 1.54) is 30.6 Å². The van der Waals surface area contributed by atoms with E-state index in [1.54, 1.807) is 13.2 Å². The summed E-state index contributed by atoms with van der Waals surface area (Å²) in [6.07, 6.45) is 10.7. The quantitative estimate of drug-likeness (QED) is 0.711. The van der Waals surface area contributed by atoms with Crippen LogP contribution in [0.1, 0.15) is 36.4 Å². The SMILES string of the molecule is COC1C=CC=C(c2nc(NC(=O)Nc3cccc(CN4CCCCC4)n3)cs2)C1. The van der Waals surface area contributed by atoms with Gasteiger partial charge in [0.05, 0.1) is 11.8 Å². The van der Waals surface area contributed by atoms with Crippen LogP contribution in [0, 0.1) is 0 Å². The molecule has 1 aliphatic carbocycles. The van der Waals surface area contributed by atoms with E-state index >= 15 is 0 Å². The van der Waals surface area contributed by atoms with Gasteiger partial charge in [-0.1, -0.05) is 30.7 Å². The lowest BCUT2D eigenvalue weighted by Crippen LogP contribution is -2.29. The average Bonchev–Trinajstić information content (AvgIpc) is 3.23. The summed E-state index contributed by atoms with van der Waals surface area (Å²) >= 11 is 1.51. The van der Waals surface area contributed by atoms with E-state index in [1.807, 2.05) is 35.7 Å². The van der Waals surface area contributed by atoms with E-state index < -0.39 is 0 Å². The minimum absolute atomic E-state index is 0.0666. The number of pyridine rings is 1. The Balaban J connectivity index is 1.33. The van der Waals surface area contributed by atoms with Crippen LogP contribution in [0.25, 0.3) is 5.57 Å². The maximum atomic E-state index is 12.4. The molecule has 1 fully saturated rings. The second kappa shape index (κ2) is 9.97. The van der Waals surface area contributed by atoms with Gasteiger partial charge in [0.2, 0.25) is 0 Å². The van der Waals surface area contributed by atoms with Gasteiger partial charge in [-0.2, -0.15) is 0 Å². The van der Waals surface area contributed by atoms with Crippen LogP contribution >= 0.6 is 11.3 Å². The highest BCUT2D eigenvalue weighted by Gasteiger charge is 2.16. The minimum atomic E-state index is -0.346. The number of allylic oxidation sites excluding steroid dienone is 2. The van der Waals surface area contributed by atoms with Crippen LogP contribution < -0.4 is 10.6 Å². The maximum Gasteiger partial charge on any atom is 0.326 e. The number of thiazole rings is 1. The Labute approximate surface area is 180 Å². The molecule has 0 saturated carbocycles. The zero-order valence-electron chi connectivity index (χ0n) is 17.1. The van der Waals surface area contributed by atoms with Crippen molar-refractivity contribution in [3.63, 3.8) is 0 Å². The lowest BCUT2D eigenvalue weighted by atomic mass is 10.0. The van der Waals surface area contributed by atoms with Crippen LogP contribution in [-0.2, 0) is 11.3 Å². The molecule has 158 valence electrons. The molecule has 2 N–H and O–H groups in total. The number of hydrogen-bond acceptors (Lipinski definition) is 6. The van der Waals surface area contributed by atoms with Crippen molar-refractivity contribution in [1.29, 1.82) is 0 Å². The molecular weight excluding hydrogens is 398 g/mol. The van der Waals surface area contributed by atoms with Gasteiger partial charge in [0.1, 0.15) is 16.6 Å². The van der Waals surface area contributed by atoms with E-state index in [0.29, 0.717) is 11.6 Å². The molecule has 3 heterocycles. The van der Waals surface area contributed by atoms with Gasteiger partial charge < -0.3 is 4.74 Å². The lowest BCUT2D eigenvalue weighted by Gasteiger charge is -2.26. The molecule has 7 nitrogen and oxygen atoms in total. The molecule has 2 aromatic heterocycles. The molecule has 2 amide bonds. The number of ether oxygens (including phenoxy) is 1. The Kier molecular flexibility index (Phi) is 6.88. The summed E-state index contributed by atoms with van der Waals surface area (Å²) in [6, 6.07) is 5.39. The highest BCUT2D eigenvalue weighted by atomic mass is 32.1. The summed E-state index contributed by atoms with van der Waals surface area (Å²) in [7, 11) is 1.70. The van der Waals surface area contributed by atoms with Crippen molar-refractivity contribution < 1.29 is 9.53 Å². The number of hydrogen-bond donors (Lipinski definition) is 2. The number of likely N-dealkylation sites (tertiary alicyclic amines) is 1. The fourth-order valence-electron chi connectivity index (χ4n) is 3.70. The summed E-state index contributed by atoms with van der Waals surface area (Å²) in [6.45, 7) is 3.05. The molecule has 30 heavy (non-hydrogen) atoms. The van der Waals surface area contributed by atoms with E-state index in [2.05, 4.69) is 25.5 Å². The van der Waals surface area contributed by atoms with E-state index in [9.17, 15) is 4.79 Å². The van der Waals surface area contributed by atoms with Crippen molar-refractivity contribution in [1.82, 2.24) is 14.9 Å². The molecule has 0 spiro atoms. The number of amides is 2. The molecule has 0 radical (unpaired) electrons. The summed E-state index contributed by atoms with van der Waals surface area (Å²) in [5, 5.41) is 8.34. The first-order valence-electron chi connectivity index (χ1n) is 10.3. The number of anilines is 2. The van der Waals surface area contributed by atoms with Crippen molar-refractivity contribution in [2.45, 2.75) is 38.3 Å². The molecule has 1 unspecified atom stereocenters. The Morgan fingerprint density at radius 1 is 1.20 bits per heavy atom. The van der Waals surface area contributed by atoms with Gasteiger partial charge in [0.25, 0.3) is 0 Å². The highest BCUT2D eigenvalue weighted by Crippen LogP contribution is 2.29. The van der Waals surface area contributed by atoms with Crippen molar-refractivity contribution in [2.75, 3.05) is 30.8 Å². The van der Waals surface area contributed by atoms with Crippen molar-refractivity contribution in [3.05, 3.63) is 52.5 Å². The zero-order valence-corrected chi connectivity index (χ0v) is 18.0. The fourth-order valence-corrected chi connectivity index (χ4v) is 4.48. The van der Waals surface area contributed by atoms with Gasteiger partial charge in [0.15, 0.2) is 0 Å². The smallest absolute Gasteiger partial charge is 0.326 e. The predicted octanol–water partition coefficient (Wildman–Crippen LogP) is 4.53. The molecule has 1 atom stereocenters. The van der Waals surface area contributed by atoms with Crippen LogP contribution in [-0.4, -0.2) is 47.2 Å². The normalized spacial score (nSPS) is 19.4. The first-order chi connectivity index (χ1) is 14.7. The highest BCUT2D eigenvalue weighted by molar-refractivity contribution is 7.11. The molecule has 1 aliphatic heterocycles. The number of aromatic nitrogens is 2. The minimum Gasteiger partial charge on any atom is -0.377 e. The number of carbonyl (C=O) groups excluding carboxylic acids is 1. The fraction of sp³-hybridized carbons (Fsp3) is 0.409. The van der Waals surface area contributed by atoms with E-state index in [-0.39, 0.29) is 12.1 Å². The monoisotopic (exact) mass is 425 g/mol. The summed E-state index contributed by atoms with van der Waals surface area (Å²) < 4.78 is 5.40. The van der Waals surface area contributed by atoms with Crippen LogP contribution in [0.2, 0.25) is 0 Å².